The zero-order valence-corrected chi connectivity index (χ0v) is 15.7. The van der Waals surface area contributed by atoms with Gasteiger partial charge in [-0.2, -0.15) is 5.26 Å². The molecule has 0 aliphatic carbocycles. The minimum Gasteiger partial charge on any atom is -0.354 e. The number of nitrogens with one attached hydrogen (secondary N) is 2. The molecule has 2 heterocycles. The van der Waals surface area contributed by atoms with Gasteiger partial charge < -0.3 is 15.5 Å². The van der Waals surface area contributed by atoms with Crippen LogP contribution in [0, 0.1) is 24.2 Å². The van der Waals surface area contributed by atoms with Crippen molar-refractivity contribution in [2.75, 3.05) is 29.9 Å². The largest absolute Gasteiger partial charge is 0.354 e. The Kier molecular flexibility index (Phi) is 6.17. The first-order chi connectivity index (χ1) is 13.6. The van der Waals surface area contributed by atoms with Crippen molar-refractivity contribution < 1.29 is 9.59 Å². The van der Waals surface area contributed by atoms with Gasteiger partial charge in [-0.1, -0.05) is 17.7 Å². The Labute approximate surface area is 163 Å². The molecule has 0 saturated carbocycles. The molecule has 2 aromatic rings. The highest BCUT2D eigenvalue weighted by Gasteiger charge is 2.23. The lowest BCUT2D eigenvalue weighted by molar-refractivity contribution is -0.136. The number of hydrogen-bond acceptors (Lipinski definition) is 6. The van der Waals surface area contributed by atoms with Gasteiger partial charge in [-0.25, -0.2) is 9.97 Å². The summed E-state index contributed by atoms with van der Waals surface area (Å²) in [4.78, 5) is 34.4. The number of carbonyl (C=O) groups is 2. The van der Waals surface area contributed by atoms with Crippen LogP contribution in [0.2, 0.25) is 0 Å². The first-order valence-electron chi connectivity index (χ1n) is 9.18. The summed E-state index contributed by atoms with van der Waals surface area (Å²) < 4.78 is 0. The summed E-state index contributed by atoms with van der Waals surface area (Å²) in [5.41, 5.74) is 2.00. The summed E-state index contributed by atoms with van der Waals surface area (Å²) >= 11 is 0. The van der Waals surface area contributed by atoms with Crippen LogP contribution in [0.15, 0.2) is 36.7 Å². The SMILES string of the molecule is Cc1ccc(NC(=O)C(=O)NCC2CCN(c3nccnc3C#N)CC2)cc1. The number of carbonyl (C=O) groups excluding carboxylic acids is 2. The minimum atomic E-state index is -0.667. The second-order valence-corrected chi connectivity index (χ2v) is 6.80. The van der Waals surface area contributed by atoms with Crippen LogP contribution in [0.5, 0.6) is 0 Å². The summed E-state index contributed by atoms with van der Waals surface area (Å²) in [5, 5.41) is 14.5. The van der Waals surface area contributed by atoms with Gasteiger partial charge in [0.2, 0.25) is 0 Å². The molecule has 8 heteroatoms. The number of benzene rings is 1. The fourth-order valence-corrected chi connectivity index (χ4v) is 3.13. The number of nitrogens with zero attached hydrogens (tertiary/aromatic N) is 4. The first-order valence-corrected chi connectivity index (χ1v) is 9.18. The molecule has 2 N–H and O–H groups in total. The lowest BCUT2D eigenvalue weighted by Crippen LogP contribution is -2.42. The Morgan fingerprint density at radius 2 is 1.82 bits per heavy atom. The number of amides is 2. The van der Waals surface area contributed by atoms with Gasteiger partial charge in [0, 0.05) is 37.7 Å². The predicted octanol–water partition coefficient (Wildman–Crippen LogP) is 1.63. The van der Waals surface area contributed by atoms with Crippen molar-refractivity contribution in [1.29, 1.82) is 5.26 Å². The summed E-state index contributed by atoms with van der Waals surface area (Å²) in [6.07, 6.45) is 4.75. The zero-order chi connectivity index (χ0) is 19.9. The van der Waals surface area contributed by atoms with Crippen LogP contribution < -0.4 is 15.5 Å². The van der Waals surface area contributed by atoms with E-state index in [2.05, 4.69) is 26.7 Å². The number of aryl methyl sites for hydroxylation is 1. The van der Waals surface area contributed by atoms with Crippen molar-refractivity contribution in [3.8, 4) is 6.07 Å². The van der Waals surface area contributed by atoms with E-state index in [1.54, 1.807) is 18.3 Å². The third kappa shape index (κ3) is 4.82. The van der Waals surface area contributed by atoms with Crippen LogP contribution in [-0.2, 0) is 9.59 Å². The molecule has 2 amide bonds. The van der Waals surface area contributed by atoms with Crippen LogP contribution in [0.4, 0.5) is 11.5 Å². The molecule has 0 bridgehead atoms. The first kappa shape index (κ1) is 19.3. The van der Waals surface area contributed by atoms with E-state index in [9.17, 15) is 9.59 Å². The van der Waals surface area contributed by atoms with Gasteiger partial charge in [0.05, 0.1) is 0 Å². The topological polar surface area (TPSA) is 111 Å². The Bertz CT molecular complexity index is 882. The molecular weight excluding hydrogens is 356 g/mol. The van der Waals surface area contributed by atoms with E-state index in [-0.39, 0.29) is 5.92 Å². The van der Waals surface area contributed by atoms with E-state index >= 15 is 0 Å². The van der Waals surface area contributed by atoms with Crippen molar-refractivity contribution in [3.63, 3.8) is 0 Å². The van der Waals surface area contributed by atoms with Crippen molar-refractivity contribution >= 4 is 23.3 Å². The molecule has 8 nitrogen and oxygen atoms in total. The van der Waals surface area contributed by atoms with Gasteiger partial charge in [-0.05, 0) is 37.8 Å². The second kappa shape index (κ2) is 8.95. The third-order valence-corrected chi connectivity index (χ3v) is 4.77. The van der Waals surface area contributed by atoms with E-state index in [4.69, 9.17) is 5.26 Å². The predicted molar refractivity (Wildman–Crippen MR) is 105 cm³/mol. The molecule has 144 valence electrons. The molecule has 1 aliphatic rings. The van der Waals surface area contributed by atoms with Gasteiger partial charge >= 0.3 is 11.8 Å². The zero-order valence-electron chi connectivity index (χ0n) is 15.7. The van der Waals surface area contributed by atoms with Crippen molar-refractivity contribution in [1.82, 2.24) is 15.3 Å². The van der Waals surface area contributed by atoms with Crippen LogP contribution in [0.25, 0.3) is 0 Å². The van der Waals surface area contributed by atoms with Crippen molar-refractivity contribution in [2.45, 2.75) is 19.8 Å². The second-order valence-electron chi connectivity index (χ2n) is 6.80. The average molecular weight is 378 g/mol. The molecule has 1 aliphatic heterocycles. The molecule has 1 aromatic carbocycles. The molecule has 0 radical (unpaired) electrons. The highest BCUT2D eigenvalue weighted by atomic mass is 16.2. The highest BCUT2D eigenvalue weighted by Crippen LogP contribution is 2.22. The number of aromatic nitrogens is 2. The van der Waals surface area contributed by atoms with E-state index in [0.29, 0.717) is 23.7 Å². The monoisotopic (exact) mass is 378 g/mol. The lowest BCUT2D eigenvalue weighted by Gasteiger charge is -2.32. The van der Waals surface area contributed by atoms with Gasteiger partial charge in [-0.15, -0.1) is 0 Å². The molecular formula is C20H22N6O2. The van der Waals surface area contributed by atoms with Crippen LogP contribution in [-0.4, -0.2) is 41.4 Å². The maximum absolute atomic E-state index is 12.0. The third-order valence-electron chi connectivity index (χ3n) is 4.77. The van der Waals surface area contributed by atoms with E-state index < -0.39 is 11.8 Å². The molecule has 3 rings (SSSR count). The summed E-state index contributed by atoms with van der Waals surface area (Å²) in [6.45, 7) is 3.85. The Hall–Kier alpha value is -3.47. The lowest BCUT2D eigenvalue weighted by atomic mass is 9.96. The van der Waals surface area contributed by atoms with E-state index in [1.807, 2.05) is 24.0 Å². The fourth-order valence-electron chi connectivity index (χ4n) is 3.13. The van der Waals surface area contributed by atoms with Crippen molar-refractivity contribution in [2.24, 2.45) is 5.92 Å². The highest BCUT2D eigenvalue weighted by molar-refractivity contribution is 6.39. The Morgan fingerprint density at radius 1 is 1.14 bits per heavy atom. The van der Waals surface area contributed by atoms with E-state index in [0.717, 1.165) is 31.5 Å². The Morgan fingerprint density at radius 3 is 2.50 bits per heavy atom. The molecule has 28 heavy (non-hydrogen) atoms. The average Bonchev–Trinajstić information content (AvgIpc) is 2.74. The van der Waals surface area contributed by atoms with Gasteiger partial charge in [0.25, 0.3) is 0 Å². The maximum Gasteiger partial charge on any atom is 0.313 e. The maximum atomic E-state index is 12.0. The van der Waals surface area contributed by atoms with Crippen molar-refractivity contribution in [3.05, 3.63) is 47.9 Å². The summed E-state index contributed by atoms with van der Waals surface area (Å²) in [6, 6.07) is 9.33. The number of piperidine rings is 1. The molecule has 1 saturated heterocycles. The minimum absolute atomic E-state index is 0.273. The smallest absolute Gasteiger partial charge is 0.313 e. The summed E-state index contributed by atoms with van der Waals surface area (Å²) in [5.74, 6) is -0.428. The van der Waals surface area contributed by atoms with Gasteiger partial charge in [-0.3, -0.25) is 9.59 Å². The molecule has 1 fully saturated rings. The van der Waals surface area contributed by atoms with Crippen LogP contribution >= 0.6 is 0 Å². The quantitative estimate of drug-likeness (QED) is 0.782. The van der Waals surface area contributed by atoms with Crippen LogP contribution in [0.3, 0.4) is 0 Å². The summed E-state index contributed by atoms with van der Waals surface area (Å²) in [7, 11) is 0. The Balaban J connectivity index is 1.45. The fraction of sp³-hybridized carbons (Fsp3) is 0.350. The van der Waals surface area contributed by atoms with Gasteiger partial charge in [0.1, 0.15) is 6.07 Å². The number of hydrogen-bond donors (Lipinski definition) is 2. The standard InChI is InChI=1S/C20H22N6O2/c1-14-2-4-16(5-3-14)25-20(28)19(27)24-13-15-6-10-26(11-7-15)18-17(12-21)22-8-9-23-18/h2-5,8-9,15H,6-7,10-11,13H2,1H3,(H,24,27)(H,25,28). The van der Waals surface area contributed by atoms with Crippen LogP contribution in [0.1, 0.15) is 24.1 Å². The van der Waals surface area contributed by atoms with Gasteiger partial charge in [0.15, 0.2) is 11.5 Å². The number of anilines is 2. The number of rotatable bonds is 4. The number of nitriles is 1. The normalized spacial score (nSPS) is 14.2. The molecule has 0 spiro atoms. The molecule has 1 aromatic heterocycles. The molecule has 0 unspecified atom stereocenters. The molecule has 0 atom stereocenters. The van der Waals surface area contributed by atoms with E-state index in [1.165, 1.54) is 6.20 Å².